The highest BCUT2D eigenvalue weighted by molar-refractivity contribution is 6.29. The lowest BCUT2D eigenvalue weighted by Gasteiger charge is -2.25. The van der Waals surface area contributed by atoms with Crippen molar-refractivity contribution in [2.24, 2.45) is 0 Å². The molecule has 1 saturated heterocycles. The lowest BCUT2D eigenvalue weighted by atomic mass is 10.2. The first kappa shape index (κ1) is 11.4. The maximum atomic E-state index is 11.7. The Morgan fingerprint density at radius 3 is 2.94 bits per heavy atom. The Bertz CT molecular complexity index is 404. The highest BCUT2D eigenvalue weighted by atomic mass is 35.5. The van der Waals surface area contributed by atoms with Gasteiger partial charge < -0.3 is 9.47 Å². The molecule has 2 heterocycles. The van der Waals surface area contributed by atoms with E-state index in [1.807, 2.05) is 6.92 Å². The number of hydrogen-bond acceptors (Lipinski definition) is 4. The fraction of sp³-hybridized carbons (Fsp3) is 0.455. The molecule has 0 spiro atoms. The number of hydrogen-bond donors (Lipinski definition) is 0. The molecule has 0 atom stereocenters. The van der Waals surface area contributed by atoms with Crippen molar-refractivity contribution in [2.45, 2.75) is 19.4 Å². The Morgan fingerprint density at radius 1 is 1.62 bits per heavy atom. The Balaban J connectivity index is 2.11. The van der Waals surface area contributed by atoms with Gasteiger partial charge in [-0.2, -0.15) is 0 Å². The Kier molecular flexibility index (Phi) is 3.41. The van der Waals surface area contributed by atoms with Crippen LogP contribution in [0.25, 0.3) is 0 Å². The molecule has 5 heteroatoms. The molecule has 0 amide bonds. The van der Waals surface area contributed by atoms with Crippen LogP contribution in [0.5, 0.6) is 0 Å². The maximum Gasteiger partial charge on any atom is 0.338 e. The fourth-order valence-corrected chi connectivity index (χ4v) is 1.58. The number of ether oxygens (including phenoxy) is 2. The van der Waals surface area contributed by atoms with Crippen LogP contribution >= 0.6 is 11.6 Å². The number of halogens is 1. The van der Waals surface area contributed by atoms with Crippen LogP contribution in [-0.4, -0.2) is 30.3 Å². The first-order valence-corrected chi connectivity index (χ1v) is 5.52. The summed E-state index contributed by atoms with van der Waals surface area (Å²) >= 11 is 5.81. The summed E-state index contributed by atoms with van der Waals surface area (Å²) in [5, 5.41) is 0.316. The zero-order valence-corrected chi connectivity index (χ0v) is 9.66. The molecule has 1 aromatic heterocycles. The highest BCUT2D eigenvalue weighted by Crippen LogP contribution is 2.15. The molecule has 0 aliphatic carbocycles. The monoisotopic (exact) mass is 241 g/mol. The minimum atomic E-state index is -0.368. The molecular formula is C11H12ClNO3. The second-order valence-corrected chi connectivity index (χ2v) is 3.98. The van der Waals surface area contributed by atoms with Crippen LogP contribution in [-0.2, 0) is 15.9 Å². The van der Waals surface area contributed by atoms with Crippen molar-refractivity contribution in [2.75, 3.05) is 13.2 Å². The molecule has 0 bridgehead atoms. The third kappa shape index (κ3) is 2.51. The summed E-state index contributed by atoms with van der Waals surface area (Å²) in [6.45, 7) is 2.91. The summed E-state index contributed by atoms with van der Waals surface area (Å²) in [6.07, 6.45) is 0.609. The van der Waals surface area contributed by atoms with Gasteiger partial charge in [0.05, 0.1) is 18.8 Å². The average molecular weight is 242 g/mol. The van der Waals surface area contributed by atoms with Crippen molar-refractivity contribution in [3.63, 3.8) is 0 Å². The zero-order valence-electron chi connectivity index (χ0n) is 8.90. The Morgan fingerprint density at radius 2 is 2.38 bits per heavy atom. The summed E-state index contributed by atoms with van der Waals surface area (Å²) < 4.78 is 10.1. The van der Waals surface area contributed by atoms with E-state index in [1.54, 1.807) is 6.07 Å². The molecular weight excluding hydrogens is 230 g/mol. The Hall–Kier alpha value is -1.13. The minimum Gasteiger partial charge on any atom is -0.454 e. The largest absolute Gasteiger partial charge is 0.454 e. The maximum absolute atomic E-state index is 11.7. The number of aryl methyl sites for hydroxylation is 1. The van der Waals surface area contributed by atoms with Gasteiger partial charge in [0.1, 0.15) is 11.3 Å². The molecule has 1 fully saturated rings. The number of esters is 1. The van der Waals surface area contributed by atoms with Crippen LogP contribution in [0.1, 0.15) is 23.0 Å². The molecule has 2 rings (SSSR count). The fourth-order valence-electron chi connectivity index (χ4n) is 1.35. The smallest absolute Gasteiger partial charge is 0.338 e. The van der Waals surface area contributed by atoms with E-state index in [4.69, 9.17) is 21.1 Å². The predicted octanol–water partition coefficient (Wildman–Crippen LogP) is 1.85. The zero-order chi connectivity index (χ0) is 11.5. The average Bonchev–Trinajstić information content (AvgIpc) is 2.22. The van der Waals surface area contributed by atoms with Crippen LogP contribution in [0, 0.1) is 0 Å². The molecule has 0 aromatic carbocycles. The first-order valence-electron chi connectivity index (χ1n) is 5.14. The topological polar surface area (TPSA) is 48.4 Å². The number of rotatable bonds is 3. The summed E-state index contributed by atoms with van der Waals surface area (Å²) in [7, 11) is 0. The molecule has 4 nitrogen and oxygen atoms in total. The van der Waals surface area contributed by atoms with E-state index in [0.717, 1.165) is 12.1 Å². The van der Waals surface area contributed by atoms with Crippen LogP contribution in [0.4, 0.5) is 0 Å². The van der Waals surface area contributed by atoms with Gasteiger partial charge in [-0.25, -0.2) is 9.78 Å². The molecule has 0 radical (unpaired) electrons. The van der Waals surface area contributed by atoms with Gasteiger partial charge in [0.15, 0.2) is 0 Å². The second kappa shape index (κ2) is 4.80. The first-order chi connectivity index (χ1) is 7.69. The number of aromatic nitrogens is 1. The van der Waals surface area contributed by atoms with Gasteiger partial charge in [-0.05, 0) is 18.6 Å². The van der Waals surface area contributed by atoms with Gasteiger partial charge in [0.25, 0.3) is 0 Å². The Labute approximate surface area is 98.5 Å². The molecule has 1 aromatic rings. The SMILES string of the molecule is CCc1cc(C(=O)OC2COC2)cc(Cl)n1. The van der Waals surface area contributed by atoms with Crippen molar-refractivity contribution in [3.05, 3.63) is 28.5 Å². The summed E-state index contributed by atoms with van der Waals surface area (Å²) in [5.74, 6) is -0.368. The van der Waals surface area contributed by atoms with E-state index in [1.165, 1.54) is 6.07 Å². The normalized spacial score (nSPS) is 15.6. The quantitative estimate of drug-likeness (QED) is 0.599. The molecule has 0 unspecified atom stereocenters. The van der Waals surface area contributed by atoms with E-state index in [9.17, 15) is 4.79 Å². The molecule has 0 saturated carbocycles. The number of nitrogens with zero attached hydrogens (tertiary/aromatic N) is 1. The molecule has 16 heavy (non-hydrogen) atoms. The third-order valence-corrected chi connectivity index (χ3v) is 2.52. The second-order valence-electron chi connectivity index (χ2n) is 3.59. The summed E-state index contributed by atoms with van der Waals surface area (Å²) in [6, 6.07) is 3.22. The van der Waals surface area contributed by atoms with Crippen LogP contribution in [0.15, 0.2) is 12.1 Å². The van der Waals surface area contributed by atoms with Crippen molar-refractivity contribution in [1.82, 2.24) is 4.98 Å². The van der Waals surface area contributed by atoms with Gasteiger partial charge in [0, 0.05) is 5.69 Å². The van der Waals surface area contributed by atoms with Crippen molar-refractivity contribution in [3.8, 4) is 0 Å². The van der Waals surface area contributed by atoms with Crippen molar-refractivity contribution in [1.29, 1.82) is 0 Å². The summed E-state index contributed by atoms with van der Waals surface area (Å²) in [5.41, 5.74) is 1.23. The van der Waals surface area contributed by atoms with Gasteiger partial charge >= 0.3 is 5.97 Å². The van der Waals surface area contributed by atoms with Crippen LogP contribution in [0.2, 0.25) is 5.15 Å². The van der Waals surface area contributed by atoms with E-state index in [2.05, 4.69) is 4.98 Å². The lowest BCUT2D eigenvalue weighted by molar-refractivity contribution is -0.103. The van der Waals surface area contributed by atoms with Crippen LogP contribution < -0.4 is 0 Å². The minimum absolute atomic E-state index is 0.121. The lowest BCUT2D eigenvalue weighted by Crippen LogP contribution is -2.37. The van der Waals surface area contributed by atoms with E-state index in [0.29, 0.717) is 23.9 Å². The number of carbonyl (C=O) groups is 1. The van der Waals surface area contributed by atoms with E-state index >= 15 is 0 Å². The molecule has 1 aliphatic rings. The van der Waals surface area contributed by atoms with Crippen LogP contribution in [0.3, 0.4) is 0 Å². The van der Waals surface area contributed by atoms with E-state index < -0.39 is 0 Å². The van der Waals surface area contributed by atoms with Gasteiger partial charge in [0.2, 0.25) is 0 Å². The standard InChI is InChI=1S/C11H12ClNO3/c1-2-8-3-7(4-10(12)13-8)11(14)16-9-5-15-6-9/h3-4,9H,2,5-6H2,1H3. The van der Waals surface area contributed by atoms with Crippen molar-refractivity contribution >= 4 is 17.6 Å². The van der Waals surface area contributed by atoms with E-state index in [-0.39, 0.29) is 12.1 Å². The van der Waals surface area contributed by atoms with Gasteiger partial charge in [-0.1, -0.05) is 18.5 Å². The molecule has 0 N–H and O–H groups in total. The third-order valence-electron chi connectivity index (χ3n) is 2.33. The summed E-state index contributed by atoms with van der Waals surface area (Å²) in [4.78, 5) is 15.8. The molecule has 1 aliphatic heterocycles. The highest BCUT2D eigenvalue weighted by Gasteiger charge is 2.23. The van der Waals surface area contributed by atoms with Gasteiger partial charge in [-0.3, -0.25) is 0 Å². The molecule has 86 valence electrons. The number of pyridine rings is 1. The van der Waals surface area contributed by atoms with Gasteiger partial charge in [-0.15, -0.1) is 0 Å². The predicted molar refractivity (Wildman–Crippen MR) is 58.6 cm³/mol. The van der Waals surface area contributed by atoms with Crippen molar-refractivity contribution < 1.29 is 14.3 Å². The number of carbonyl (C=O) groups excluding carboxylic acids is 1.